The van der Waals surface area contributed by atoms with Gasteiger partial charge >= 0.3 is 0 Å². The van der Waals surface area contributed by atoms with Gasteiger partial charge in [0.05, 0.1) is 26.2 Å². The molecular formula is C28H26ClN3O5S2. The van der Waals surface area contributed by atoms with Crippen molar-refractivity contribution >= 4 is 54.6 Å². The first kappa shape index (κ1) is 28.2. The van der Waals surface area contributed by atoms with Gasteiger partial charge in [-0.05, 0) is 79.6 Å². The fourth-order valence-electron chi connectivity index (χ4n) is 3.77. The van der Waals surface area contributed by atoms with Crippen LogP contribution in [0.3, 0.4) is 0 Å². The molecule has 0 bridgehead atoms. The van der Waals surface area contributed by atoms with E-state index in [1.807, 2.05) is 19.1 Å². The van der Waals surface area contributed by atoms with Crippen molar-refractivity contribution in [1.29, 1.82) is 0 Å². The van der Waals surface area contributed by atoms with E-state index < -0.39 is 32.5 Å². The Kier molecular flexibility index (Phi) is 8.29. The van der Waals surface area contributed by atoms with E-state index in [4.69, 9.17) is 11.6 Å². The maximum absolute atomic E-state index is 13.4. The van der Waals surface area contributed by atoms with Gasteiger partial charge in [-0.15, -0.1) is 0 Å². The first-order valence-corrected chi connectivity index (χ1v) is 15.1. The third-order valence-electron chi connectivity index (χ3n) is 5.83. The minimum Gasteiger partial charge on any atom is -0.325 e. The molecule has 0 saturated heterocycles. The van der Waals surface area contributed by atoms with Crippen LogP contribution in [0.15, 0.2) is 107 Å². The molecular weight excluding hydrogens is 558 g/mol. The molecule has 202 valence electrons. The zero-order valence-corrected chi connectivity index (χ0v) is 23.5. The predicted molar refractivity (Wildman–Crippen MR) is 154 cm³/mol. The molecule has 2 N–H and O–H groups in total. The zero-order valence-electron chi connectivity index (χ0n) is 21.1. The summed E-state index contributed by atoms with van der Waals surface area (Å²) < 4.78 is 56.2. The molecule has 0 saturated carbocycles. The molecule has 8 nitrogen and oxygen atoms in total. The zero-order chi connectivity index (χ0) is 28.2. The molecule has 0 aliphatic rings. The van der Waals surface area contributed by atoms with E-state index in [1.54, 1.807) is 43.3 Å². The molecule has 1 amide bonds. The van der Waals surface area contributed by atoms with Gasteiger partial charge < -0.3 is 5.32 Å². The van der Waals surface area contributed by atoms with Crippen LogP contribution in [0.5, 0.6) is 0 Å². The Balaban J connectivity index is 1.54. The quantitative estimate of drug-likeness (QED) is 0.267. The highest BCUT2D eigenvalue weighted by Gasteiger charge is 2.28. The van der Waals surface area contributed by atoms with E-state index in [2.05, 4.69) is 10.0 Å². The lowest BCUT2D eigenvalue weighted by atomic mass is 10.1. The van der Waals surface area contributed by atoms with E-state index in [-0.39, 0.29) is 20.5 Å². The van der Waals surface area contributed by atoms with Crippen molar-refractivity contribution in [2.45, 2.75) is 23.6 Å². The highest BCUT2D eigenvalue weighted by atomic mass is 35.5. The van der Waals surface area contributed by atoms with Crippen molar-refractivity contribution in [1.82, 2.24) is 0 Å². The fourth-order valence-corrected chi connectivity index (χ4v) is 6.64. The van der Waals surface area contributed by atoms with E-state index in [9.17, 15) is 21.6 Å². The molecule has 39 heavy (non-hydrogen) atoms. The molecule has 4 aromatic rings. The minimum atomic E-state index is -4.13. The van der Waals surface area contributed by atoms with Crippen LogP contribution < -0.4 is 14.3 Å². The van der Waals surface area contributed by atoms with Gasteiger partial charge in [0, 0.05) is 5.69 Å². The third kappa shape index (κ3) is 6.59. The van der Waals surface area contributed by atoms with Gasteiger partial charge in [-0.1, -0.05) is 54.1 Å². The van der Waals surface area contributed by atoms with Gasteiger partial charge in [0.1, 0.15) is 6.54 Å². The second kappa shape index (κ2) is 11.5. The maximum atomic E-state index is 13.4. The molecule has 0 aliphatic heterocycles. The Morgan fingerprint density at radius 3 is 2.10 bits per heavy atom. The number of hydrogen-bond acceptors (Lipinski definition) is 5. The molecule has 0 atom stereocenters. The lowest BCUT2D eigenvalue weighted by Crippen LogP contribution is -2.38. The summed E-state index contributed by atoms with van der Waals surface area (Å²) in [5, 5.41) is 2.79. The summed E-state index contributed by atoms with van der Waals surface area (Å²) in [6, 6.07) is 25.1. The van der Waals surface area contributed by atoms with Gasteiger partial charge in [-0.2, -0.15) is 0 Å². The third-order valence-corrected chi connectivity index (χ3v) is 9.30. The number of carbonyl (C=O) groups is 1. The Morgan fingerprint density at radius 2 is 1.44 bits per heavy atom. The van der Waals surface area contributed by atoms with Crippen LogP contribution in [-0.4, -0.2) is 29.3 Å². The lowest BCUT2D eigenvalue weighted by molar-refractivity contribution is -0.114. The molecule has 0 aliphatic carbocycles. The SMILES string of the molecule is Cc1ccc(C)c(NS(=O)(=O)c2ccc(NC(=O)CN(c3ccccc3Cl)S(=O)(=O)c3ccccc3)cc2)c1. The van der Waals surface area contributed by atoms with E-state index >= 15 is 0 Å². The fraction of sp³-hybridized carbons (Fsp3) is 0.107. The van der Waals surface area contributed by atoms with Crippen molar-refractivity contribution in [3.05, 3.63) is 113 Å². The van der Waals surface area contributed by atoms with Crippen molar-refractivity contribution < 1.29 is 21.6 Å². The average Bonchev–Trinajstić information content (AvgIpc) is 2.90. The van der Waals surface area contributed by atoms with Gasteiger partial charge in [-0.3, -0.25) is 13.8 Å². The molecule has 0 unspecified atom stereocenters. The number of sulfonamides is 2. The number of nitrogens with one attached hydrogen (secondary N) is 2. The highest BCUT2D eigenvalue weighted by molar-refractivity contribution is 7.93. The molecule has 0 heterocycles. The van der Waals surface area contributed by atoms with Crippen molar-refractivity contribution in [3.8, 4) is 0 Å². The topological polar surface area (TPSA) is 113 Å². The van der Waals surface area contributed by atoms with Crippen LogP contribution in [0, 0.1) is 13.8 Å². The maximum Gasteiger partial charge on any atom is 0.264 e. The number of halogens is 1. The molecule has 11 heteroatoms. The number of anilines is 3. The normalized spacial score (nSPS) is 11.6. The van der Waals surface area contributed by atoms with Crippen LogP contribution >= 0.6 is 11.6 Å². The second-order valence-corrected chi connectivity index (χ2v) is 12.7. The summed E-state index contributed by atoms with van der Waals surface area (Å²) in [5.41, 5.74) is 2.61. The monoisotopic (exact) mass is 583 g/mol. The number of hydrogen-bond donors (Lipinski definition) is 2. The van der Waals surface area contributed by atoms with Crippen LogP contribution in [0.4, 0.5) is 17.1 Å². The molecule has 0 fully saturated rings. The Labute approximate surface area is 233 Å². The van der Waals surface area contributed by atoms with E-state index in [0.717, 1.165) is 15.4 Å². The number of nitrogens with zero attached hydrogens (tertiary/aromatic N) is 1. The van der Waals surface area contributed by atoms with Gasteiger partial charge in [0.25, 0.3) is 20.0 Å². The minimum absolute atomic E-state index is 0.00336. The largest absolute Gasteiger partial charge is 0.325 e. The second-order valence-electron chi connectivity index (χ2n) is 8.77. The smallest absolute Gasteiger partial charge is 0.264 e. The summed E-state index contributed by atoms with van der Waals surface area (Å²) in [6.07, 6.45) is 0. The standard InChI is InChI=1S/C28H26ClN3O5S2/c1-20-12-13-21(2)26(18-20)31-38(34,35)23-16-14-22(15-17-23)30-28(33)19-32(27-11-7-6-10-25(27)29)39(36,37)24-8-4-3-5-9-24/h3-18,31H,19H2,1-2H3,(H,30,33). The number of aryl methyl sites for hydroxylation is 2. The van der Waals surface area contributed by atoms with Crippen molar-refractivity contribution in [3.63, 3.8) is 0 Å². The van der Waals surface area contributed by atoms with Crippen LogP contribution in [0.2, 0.25) is 5.02 Å². The summed E-state index contributed by atoms with van der Waals surface area (Å²) in [5.74, 6) is -0.640. The number of para-hydroxylation sites is 1. The molecule has 4 aromatic carbocycles. The Hall–Kier alpha value is -3.86. The van der Waals surface area contributed by atoms with Crippen LogP contribution in [-0.2, 0) is 24.8 Å². The van der Waals surface area contributed by atoms with Crippen molar-refractivity contribution in [2.24, 2.45) is 0 Å². The number of carbonyl (C=O) groups excluding carboxylic acids is 1. The van der Waals surface area contributed by atoms with Gasteiger partial charge in [0.15, 0.2) is 0 Å². The van der Waals surface area contributed by atoms with Gasteiger partial charge in [0.2, 0.25) is 5.91 Å². The van der Waals surface area contributed by atoms with Crippen LogP contribution in [0.25, 0.3) is 0 Å². The first-order valence-electron chi connectivity index (χ1n) is 11.8. The average molecular weight is 584 g/mol. The number of rotatable bonds is 9. The van der Waals surface area contributed by atoms with Crippen LogP contribution in [0.1, 0.15) is 11.1 Å². The summed E-state index contributed by atoms with van der Waals surface area (Å²) in [7, 11) is -8.00. The summed E-state index contributed by atoms with van der Waals surface area (Å²) in [4.78, 5) is 13.0. The predicted octanol–water partition coefficient (Wildman–Crippen LogP) is 5.59. The number of amides is 1. The molecule has 0 spiro atoms. The van der Waals surface area contributed by atoms with Crippen molar-refractivity contribution in [2.75, 3.05) is 20.9 Å². The highest BCUT2D eigenvalue weighted by Crippen LogP contribution is 2.30. The first-order chi connectivity index (χ1) is 18.5. The summed E-state index contributed by atoms with van der Waals surface area (Å²) >= 11 is 6.29. The number of benzene rings is 4. The Morgan fingerprint density at radius 1 is 0.795 bits per heavy atom. The molecule has 0 aromatic heterocycles. The van der Waals surface area contributed by atoms with Gasteiger partial charge in [-0.25, -0.2) is 16.8 Å². The Bertz CT molecular complexity index is 1710. The molecule has 0 radical (unpaired) electrons. The van der Waals surface area contributed by atoms with E-state index in [1.165, 1.54) is 48.5 Å². The lowest BCUT2D eigenvalue weighted by Gasteiger charge is -2.25. The molecule has 4 rings (SSSR count). The van der Waals surface area contributed by atoms with E-state index in [0.29, 0.717) is 11.4 Å². The summed E-state index contributed by atoms with van der Waals surface area (Å²) in [6.45, 7) is 3.11.